The molecule has 0 spiro atoms. The monoisotopic (exact) mass is 272 g/mol. The molecule has 0 aliphatic carbocycles. The van der Waals surface area contributed by atoms with Gasteiger partial charge in [0.05, 0.1) is 0 Å². The molecule has 0 aromatic carbocycles. The SMILES string of the molecule is C#CCCCCCCC#C.C=CCCCCCCC=C. The molecule has 0 fully saturated rings. The third-order valence-corrected chi connectivity index (χ3v) is 2.96. The van der Waals surface area contributed by atoms with Crippen LogP contribution in [0.1, 0.15) is 77.0 Å². The molecular weight excluding hydrogens is 240 g/mol. The Morgan fingerprint density at radius 2 is 0.950 bits per heavy atom. The first-order chi connectivity index (χ1) is 9.83. The molecule has 0 saturated heterocycles. The number of allylic oxidation sites excluding steroid dienone is 2. The molecule has 0 aliphatic rings. The summed E-state index contributed by atoms with van der Waals surface area (Å²) in [5.74, 6) is 5.24. The van der Waals surface area contributed by atoms with Crippen LogP contribution in [0.15, 0.2) is 25.3 Å². The van der Waals surface area contributed by atoms with E-state index in [1.807, 2.05) is 12.2 Å². The van der Waals surface area contributed by atoms with Gasteiger partial charge in [0, 0.05) is 12.8 Å². The average Bonchev–Trinajstić information content (AvgIpc) is 2.47. The molecule has 0 aromatic heterocycles. The first-order valence-corrected chi connectivity index (χ1v) is 7.92. The van der Waals surface area contributed by atoms with Crippen molar-refractivity contribution in [3.05, 3.63) is 25.3 Å². The predicted octanol–water partition coefficient (Wildman–Crippen LogP) is 6.29. The molecule has 0 heteroatoms. The summed E-state index contributed by atoms with van der Waals surface area (Å²) in [6.45, 7) is 7.36. The van der Waals surface area contributed by atoms with Crippen molar-refractivity contribution in [1.82, 2.24) is 0 Å². The van der Waals surface area contributed by atoms with E-state index in [1.165, 1.54) is 51.4 Å². The lowest BCUT2D eigenvalue weighted by Crippen LogP contribution is -1.76. The molecule has 112 valence electrons. The Bertz CT molecular complexity index is 241. The Kier molecular flexibility index (Phi) is 23.8. The van der Waals surface area contributed by atoms with Crippen LogP contribution in [-0.2, 0) is 0 Å². The van der Waals surface area contributed by atoms with E-state index in [4.69, 9.17) is 12.8 Å². The predicted molar refractivity (Wildman–Crippen MR) is 93.5 cm³/mol. The van der Waals surface area contributed by atoms with Crippen molar-refractivity contribution in [2.45, 2.75) is 77.0 Å². The van der Waals surface area contributed by atoms with Crippen molar-refractivity contribution < 1.29 is 0 Å². The maximum atomic E-state index is 5.09. The fraction of sp³-hybridized carbons (Fsp3) is 0.600. The molecule has 0 aliphatic heterocycles. The second-order valence-electron chi connectivity index (χ2n) is 4.89. The zero-order valence-electron chi connectivity index (χ0n) is 13.2. The van der Waals surface area contributed by atoms with Crippen LogP contribution in [0.2, 0.25) is 0 Å². The largest absolute Gasteiger partial charge is 0.120 e. The highest BCUT2D eigenvalue weighted by Crippen LogP contribution is 2.05. The minimum absolute atomic E-state index is 0.913. The summed E-state index contributed by atoms with van der Waals surface area (Å²) >= 11 is 0. The summed E-state index contributed by atoms with van der Waals surface area (Å²) < 4.78 is 0. The van der Waals surface area contributed by atoms with Gasteiger partial charge in [0.15, 0.2) is 0 Å². The number of unbranched alkanes of at least 4 members (excludes halogenated alkanes) is 10. The molecule has 0 amide bonds. The van der Waals surface area contributed by atoms with Crippen LogP contribution in [0.3, 0.4) is 0 Å². The minimum Gasteiger partial charge on any atom is -0.120 e. The van der Waals surface area contributed by atoms with Crippen LogP contribution >= 0.6 is 0 Å². The molecule has 0 aromatic rings. The Balaban J connectivity index is 0. The van der Waals surface area contributed by atoms with Gasteiger partial charge in [0.25, 0.3) is 0 Å². The second kappa shape index (κ2) is 22.8. The number of hydrogen-bond donors (Lipinski definition) is 0. The molecule has 0 nitrogen and oxygen atoms in total. The van der Waals surface area contributed by atoms with E-state index in [9.17, 15) is 0 Å². The highest BCUT2D eigenvalue weighted by atomic mass is 13.9. The smallest absolute Gasteiger partial charge is 0.00860 e. The second-order valence-corrected chi connectivity index (χ2v) is 4.89. The van der Waals surface area contributed by atoms with Gasteiger partial charge in [-0.25, -0.2) is 0 Å². The fourth-order valence-electron chi connectivity index (χ4n) is 1.74. The molecule has 0 bridgehead atoms. The van der Waals surface area contributed by atoms with E-state index in [0.717, 1.165) is 25.7 Å². The molecule has 0 radical (unpaired) electrons. The minimum atomic E-state index is 0.913. The van der Waals surface area contributed by atoms with E-state index >= 15 is 0 Å². The standard InChI is InChI=1S/C10H18.C10H14/c2*1-3-5-7-9-10-8-6-4-2/h3-4H,1-2,5-10H2;1-2H,5-10H2. The topological polar surface area (TPSA) is 0 Å². The van der Waals surface area contributed by atoms with Gasteiger partial charge < -0.3 is 0 Å². The first-order valence-electron chi connectivity index (χ1n) is 7.92. The Labute approximate surface area is 127 Å². The van der Waals surface area contributed by atoms with Crippen LogP contribution in [-0.4, -0.2) is 0 Å². The third-order valence-electron chi connectivity index (χ3n) is 2.96. The highest BCUT2D eigenvalue weighted by molar-refractivity contribution is 4.84. The van der Waals surface area contributed by atoms with Crippen molar-refractivity contribution in [3.63, 3.8) is 0 Å². The number of rotatable bonds is 12. The summed E-state index contributed by atoms with van der Waals surface area (Å²) in [5.41, 5.74) is 0. The zero-order valence-corrected chi connectivity index (χ0v) is 13.2. The fourth-order valence-corrected chi connectivity index (χ4v) is 1.74. The first kappa shape index (κ1) is 20.9. The molecule has 0 atom stereocenters. The average molecular weight is 272 g/mol. The van der Waals surface area contributed by atoms with Gasteiger partial charge in [-0.1, -0.05) is 37.8 Å². The normalized spacial score (nSPS) is 8.70. The lowest BCUT2D eigenvalue weighted by molar-refractivity contribution is 0.653. The third kappa shape index (κ3) is 25.4. The molecule has 0 unspecified atom stereocenters. The lowest BCUT2D eigenvalue weighted by atomic mass is 10.1. The van der Waals surface area contributed by atoms with E-state index < -0.39 is 0 Å². The Morgan fingerprint density at radius 3 is 1.25 bits per heavy atom. The Hall–Kier alpha value is -1.40. The maximum Gasteiger partial charge on any atom is 0.00860 e. The molecule has 0 heterocycles. The van der Waals surface area contributed by atoms with Crippen LogP contribution < -0.4 is 0 Å². The van der Waals surface area contributed by atoms with Crippen molar-refractivity contribution in [1.29, 1.82) is 0 Å². The summed E-state index contributed by atoms with van der Waals surface area (Å²) in [5, 5.41) is 0. The van der Waals surface area contributed by atoms with Crippen molar-refractivity contribution in [2.75, 3.05) is 0 Å². The summed E-state index contributed by atoms with van der Waals surface area (Å²) in [7, 11) is 0. The summed E-state index contributed by atoms with van der Waals surface area (Å²) in [6.07, 6.45) is 28.4. The summed E-state index contributed by atoms with van der Waals surface area (Å²) in [6, 6.07) is 0. The number of terminal acetylenes is 2. The van der Waals surface area contributed by atoms with E-state index in [-0.39, 0.29) is 0 Å². The lowest BCUT2D eigenvalue weighted by Gasteiger charge is -1.95. The zero-order chi connectivity index (χ0) is 15.3. The van der Waals surface area contributed by atoms with Crippen LogP contribution in [0, 0.1) is 24.7 Å². The van der Waals surface area contributed by atoms with Crippen molar-refractivity contribution in [2.24, 2.45) is 0 Å². The van der Waals surface area contributed by atoms with E-state index in [2.05, 4.69) is 25.0 Å². The van der Waals surface area contributed by atoms with Gasteiger partial charge >= 0.3 is 0 Å². The van der Waals surface area contributed by atoms with Crippen LogP contribution in [0.4, 0.5) is 0 Å². The number of hydrogen-bond acceptors (Lipinski definition) is 0. The van der Waals surface area contributed by atoms with Gasteiger partial charge in [0.2, 0.25) is 0 Å². The van der Waals surface area contributed by atoms with Crippen LogP contribution in [0.5, 0.6) is 0 Å². The van der Waals surface area contributed by atoms with Crippen LogP contribution in [0.25, 0.3) is 0 Å². The van der Waals surface area contributed by atoms with Gasteiger partial charge in [-0.2, -0.15) is 0 Å². The van der Waals surface area contributed by atoms with Gasteiger partial charge in [-0.15, -0.1) is 37.8 Å². The molecular formula is C20H32. The van der Waals surface area contributed by atoms with Gasteiger partial charge in [0.1, 0.15) is 0 Å². The highest BCUT2D eigenvalue weighted by Gasteiger charge is 1.86. The quantitative estimate of drug-likeness (QED) is 0.222. The van der Waals surface area contributed by atoms with Crippen molar-refractivity contribution in [3.8, 4) is 24.7 Å². The van der Waals surface area contributed by atoms with E-state index in [1.54, 1.807) is 0 Å². The molecule has 0 saturated carbocycles. The Morgan fingerprint density at radius 1 is 0.600 bits per heavy atom. The molecule has 0 N–H and O–H groups in total. The van der Waals surface area contributed by atoms with Crippen molar-refractivity contribution >= 4 is 0 Å². The van der Waals surface area contributed by atoms with Gasteiger partial charge in [-0.05, 0) is 38.5 Å². The summed E-state index contributed by atoms with van der Waals surface area (Å²) in [4.78, 5) is 0. The molecule has 20 heavy (non-hydrogen) atoms. The van der Waals surface area contributed by atoms with Gasteiger partial charge in [-0.3, -0.25) is 0 Å². The molecule has 0 rings (SSSR count). The van der Waals surface area contributed by atoms with E-state index in [0.29, 0.717) is 0 Å². The maximum absolute atomic E-state index is 5.09.